The van der Waals surface area contributed by atoms with Gasteiger partial charge in [-0.15, -0.1) is 0 Å². The van der Waals surface area contributed by atoms with Crippen LogP contribution in [0.4, 0.5) is 0 Å². The Balaban J connectivity index is 1.94. The Kier molecular flexibility index (Phi) is 5.13. The Morgan fingerprint density at radius 2 is 2.04 bits per heavy atom. The van der Waals surface area contributed by atoms with Crippen molar-refractivity contribution < 1.29 is 19.4 Å². The number of hydrogen-bond acceptors (Lipinski definition) is 5. The number of rotatable bonds is 5. The summed E-state index contributed by atoms with van der Waals surface area (Å²) in [6.45, 7) is 0.757. The van der Waals surface area contributed by atoms with E-state index in [1.54, 1.807) is 12.1 Å². The van der Waals surface area contributed by atoms with Crippen molar-refractivity contribution in [1.29, 1.82) is 0 Å². The first kappa shape index (κ1) is 17.8. The van der Waals surface area contributed by atoms with Gasteiger partial charge in [0.2, 0.25) is 0 Å². The summed E-state index contributed by atoms with van der Waals surface area (Å²) in [5.41, 5.74) is 1.21. The molecule has 0 fully saturated rings. The number of carboxylic acid groups (broad SMARTS) is 1. The number of amides is 1. The van der Waals surface area contributed by atoms with Gasteiger partial charge >= 0.3 is 5.97 Å². The Morgan fingerprint density at radius 3 is 2.77 bits per heavy atom. The lowest BCUT2D eigenvalue weighted by atomic mass is 9.92. The molecule has 8 heteroatoms. The van der Waals surface area contributed by atoms with E-state index >= 15 is 0 Å². The van der Waals surface area contributed by atoms with E-state index in [2.05, 4.69) is 5.10 Å². The normalized spacial score (nSPS) is 16.2. The molecule has 0 radical (unpaired) electrons. The molecule has 2 heterocycles. The van der Waals surface area contributed by atoms with Crippen molar-refractivity contribution in [3.63, 3.8) is 0 Å². The summed E-state index contributed by atoms with van der Waals surface area (Å²) in [6, 6.07) is 8.70. The minimum atomic E-state index is -1.10. The molecule has 1 aliphatic rings. The monoisotopic (exact) mass is 357 g/mol. The van der Waals surface area contributed by atoms with Gasteiger partial charge in [0.05, 0.1) is 13.2 Å². The molecule has 1 unspecified atom stereocenters. The summed E-state index contributed by atoms with van der Waals surface area (Å²) >= 11 is 0. The molecule has 136 valence electrons. The molecule has 0 aliphatic carbocycles. The maximum Gasteiger partial charge on any atom is 0.331 e. The lowest BCUT2D eigenvalue weighted by Crippen LogP contribution is -2.44. The summed E-state index contributed by atoms with van der Waals surface area (Å²) in [5.74, 6) is -1.61. The van der Waals surface area contributed by atoms with E-state index in [0.29, 0.717) is 12.0 Å². The van der Waals surface area contributed by atoms with Crippen molar-refractivity contribution >= 4 is 11.9 Å². The summed E-state index contributed by atoms with van der Waals surface area (Å²) in [4.78, 5) is 37.9. The molecular formula is C18H19N3O5. The number of ether oxygens (including phenoxy) is 1. The van der Waals surface area contributed by atoms with Crippen LogP contribution in [-0.4, -0.2) is 51.9 Å². The molecular weight excluding hydrogens is 338 g/mol. The molecule has 1 aromatic carbocycles. The van der Waals surface area contributed by atoms with E-state index in [-0.39, 0.29) is 30.9 Å². The molecule has 1 aromatic heterocycles. The number of aromatic nitrogens is 2. The van der Waals surface area contributed by atoms with Gasteiger partial charge in [0, 0.05) is 19.7 Å². The summed E-state index contributed by atoms with van der Waals surface area (Å²) in [7, 11) is 1.50. The van der Waals surface area contributed by atoms with Gasteiger partial charge in [-0.2, -0.15) is 5.10 Å². The fraction of sp³-hybridized carbons (Fsp3) is 0.333. The van der Waals surface area contributed by atoms with Gasteiger partial charge in [0.1, 0.15) is 5.69 Å². The number of aliphatic carboxylic acids is 1. The number of nitrogens with zero attached hydrogens (tertiary/aromatic N) is 3. The van der Waals surface area contributed by atoms with Gasteiger partial charge in [-0.3, -0.25) is 9.59 Å². The van der Waals surface area contributed by atoms with Crippen LogP contribution in [0.15, 0.2) is 41.2 Å². The van der Waals surface area contributed by atoms with Crippen LogP contribution in [0.3, 0.4) is 0 Å². The number of benzene rings is 1. The number of carbonyl (C=O) groups excluding carboxylic acids is 1. The summed E-state index contributed by atoms with van der Waals surface area (Å²) < 4.78 is 6.08. The standard InChI is InChI=1S/C18H19N3O5/c1-26-11-10-21-15(22)7-6-14(19-21)17(23)20-9-8-12-4-2-3-5-13(12)16(20)18(24)25/h2-7,16H,8-11H2,1H3,(H,24,25). The molecule has 2 aromatic rings. The van der Waals surface area contributed by atoms with Crippen molar-refractivity contribution in [2.75, 3.05) is 20.3 Å². The molecule has 0 bridgehead atoms. The second kappa shape index (κ2) is 7.49. The van der Waals surface area contributed by atoms with Crippen LogP contribution in [0, 0.1) is 0 Å². The predicted octanol–water partition coefficient (Wildman–Crippen LogP) is 0.714. The second-order valence-corrected chi connectivity index (χ2v) is 5.96. The zero-order chi connectivity index (χ0) is 18.7. The van der Waals surface area contributed by atoms with Crippen LogP contribution >= 0.6 is 0 Å². The molecule has 1 amide bonds. The average molecular weight is 357 g/mol. The highest BCUT2D eigenvalue weighted by Crippen LogP contribution is 2.30. The van der Waals surface area contributed by atoms with Crippen LogP contribution in [0.1, 0.15) is 27.7 Å². The first-order valence-corrected chi connectivity index (χ1v) is 8.21. The summed E-state index contributed by atoms with van der Waals surface area (Å²) in [6.07, 6.45) is 0.564. The highest BCUT2D eigenvalue weighted by Gasteiger charge is 2.36. The molecule has 0 spiro atoms. The second-order valence-electron chi connectivity index (χ2n) is 5.96. The van der Waals surface area contributed by atoms with Gasteiger partial charge < -0.3 is 14.7 Å². The Labute approximate surface area is 149 Å². The third-order valence-electron chi connectivity index (χ3n) is 4.37. The lowest BCUT2D eigenvalue weighted by Gasteiger charge is -2.34. The highest BCUT2D eigenvalue weighted by molar-refractivity contribution is 5.95. The molecule has 1 aliphatic heterocycles. The Bertz CT molecular complexity index is 892. The van der Waals surface area contributed by atoms with Gasteiger partial charge in [-0.05, 0) is 23.6 Å². The van der Waals surface area contributed by atoms with Crippen LogP contribution in [0.5, 0.6) is 0 Å². The van der Waals surface area contributed by atoms with E-state index in [4.69, 9.17) is 4.74 Å². The Hall–Kier alpha value is -3.00. The zero-order valence-electron chi connectivity index (χ0n) is 14.3. The van der Waals surface area contributed by atoms with Gasteiger partial charge in [0.25, 0.3) is 11.5 Å². The SMILES string of the molecule is COCCn1nc(C(=O)N2CCc3ccccc3C2C(=O)O)ccc1=O. The number of fused-ring (bicyclic) bond motifs is 1. The lowest BCUT2D eigenvalue weighted by molar-refractivity contribution is -0.143. The topological polar surface area (TPSA) is 102 Å². The fourth-order valence-electron chi connectivity index (χ4n) is 3.10. The first-order valence-electron chi connectivity index (χ1n) is 8.21. The third kappa shape index (κ3) is 3.36. The minimum Gasteiger partial charge on any atom is -0.479 e. The Morgan fingerprint density at radius 1 is 1.27 bits per heavy atom. The molecule has 1 N–H and O–H groups in total. The van der Waals surface area contributed by atoms with E-state index in [1.807, 2.05) is 12.1 Å². The van der Waals surface area contributed by atoms with Gasteiger partial charge in [-0.1, -0.05) is 24.3 Å². The summed E-state index contributed by atoms with van der Waals surface area (Å²) in [5, 5.41) is 13.8. The van der Waals surface area contributed by atoms with Crippen LogP contribution in [0.25, 0.3) is 0 Å². The van der Waals surface area contributed by atoms with Crippen molar-refractivity contribution in [3.05, 3.63) is 63.6 Å². The fourth-order valence-corrected chi connectivity index (χ4v) is 3.10. The van der Waals surface area contributed by atoms with Crippen LogP contribution < -0.4 is 5.56 Å². The highest BCUT2D eigenvalue weighted by atomic mass is 16.5. The van der Waals surface area contributed by atoms with E-state index in [1.165, 1.54) is 24.1 Å². The van der Waals surface area contributed by atoms with Crippen molar-refractivity contribution in [2.24, 2.45) is 0 Å². The van der Waals surface area contributed by atoms with Crippen LogP contribution in [0.2, 0.25) is 0 Å². The van der Waals surface area contributed by atoms with E-state index in [0.717, 1.165) is 10.2 Å². The van der Waals surface area contributed by atoms with E-state index < -0.39 is 17.9 Å². The maximum atomic E-state index is 12.9. The predicted molar refractivity (Wildman–Crippen MR) is 91.9 cm³/mol. The number of carbonyl (C=O) groups is 2. The molecule has 26 heavy (non-hydrogen) atoms. The quantitative estimate of drug-likeness (QED) is 0.846. The number of hydrogen-bond donors (Lipinski definition) is 1. The number of methoxy groups -OCH3 is 1. The van der Waals surface area contributed by atoms with Gasteiger partial charge in [-0.25, -0.2) is 9.48 Å². The average Bonchev–Trinajstić information content (AvgIpc) is 2.65. The van der Waals surface area contributed by atoms with Crippen molar-refractivity contribution in [2.45, 2.75) is 19.0 Å². The largest absolute Gasteiger partial charge is 0.479 e. The van der Waals surface area contributed by atoms with E-state index in [9.17, 15) is 19.5 Å². The molecule has 8 nitrogen and oxygen atoms in total. The minimum absolute atomic E-state index is 0.0336. The van der Waals surface area contributed by atoms with Gasteiger partial charge in [0.15, 0.2) is 6.04 Å². The molecule has 0 saturated heterocycles. The first-order chi connectivity index (χ1) is 12.5. The molecule has 3 rings (SSSR count). The molecule has 1 atom stereocenters. The smallest absolute Gasteiger partial charge is 0.331 e. The zero-order valence-corrected chi connectivity index (χ0v) is 14.3. The van der Waals surface area contributed by atoms with Crippen LogP contribution in [-0.2, 0) is 22.5 Å². The maximum absolute atomic E-state index is 12.9. The molecule has 0 saturated carbocycles. The van der Waals surface area contributed by atoms with Crippen molar-refractivity contribution in [3.8, 4) is 0 Å². The van der Waals surface area contributed by atoms with Crippen molar-refractivity contribution in [1.82, 2.24) is 14.7 Å². The third-order valence-corrected chi connectivity index (χ3v) is 4.37. The number of carboxylic acids is 1.